The topological polar surface area (TPSA) is 55.4 Å². The second kappa shape index (κ2) is 7.39. The summed E-state index contributed by atoms with van der Waals surface area (Å²) in [5.74, 6) is -3.36. The fourth-order valence-corrected chi connectivity index (χ4v) is 2.01. The smallest absolute Gasteiger partial charge is 0.340 e. The fourth-order valence-electron chi connectivity index (χ4n) is 1.64. The zero-order valence-electron chi connectivity index (χ0n) is 11.4. The van der Waals surface area contributed by atoms with Crippen LogP contribution in [0.2, 0.25) is 10.0 Å². The minimum Gasteiger partial charge on any atom is -0.452 e. The van der Waals surface area contributed by atoms with Crippen LogP contribution in [0.3, 0.4) is 0 Å². The van der Waals surface area contributed by atoms with Crippen LogP contribution in [-0.2, 0) is 9.53 Å². The largest absolute Gasteiger partial charge is 0.452 e. The van der Waals surface area contributed by atoms with Gasteiger partial charge in [0.05, 0.1) is 16.3 Å². The molecule has 2 rings (SSSR count). The number of hydrogen-bond donors (Lipinski definition) is 1. The number of benzene rings is 2. The van der Waals surface area contributed by atoms with E-state index in [0.29, 0.717) is 6.07 Å². The van der Waals surface area contributed by atoms with Crippen molar-refractivity contribution >= 4 is 40.8 Å². The van der Waals surface area contributed by atoms with E-state index in [0.717, 1.165) is 12.1 Å². The molecule has 0 aliphatic carbocycles. The molecule has 2 aromatic carbocycles. The van der Waals surface area contributed by atoms with Crippen molar-refractivity contribution in [3.63, 3.8) is 0 Å². The number of esters is 1. The van der Waals surface area contributed by atoms with Crippen molar-refractivity contribution in [1.82, 2.24) is 0 Å². The fraction of sp³-hybridized carbons (Fsp3) is 0.0667. The molecular formula is C15H9Cl2F2NO3. The average Bonchev–Trinajstić information content (AvgIpc) is 2.50. The molecule has 0 saturated carbocycles. The van der Waals surface area contributed by atoms with E-state index in [-0.39, 0.29) is 21.3 Å². The van der Waals surface area contributed by atoms with Crippen LogP contribution in [-0.4, -0.2) is 18.5 Å². The summed E-state index contributed by atoms with van der Waals surface area (Å²) < 4.78 is 30.9. The van der Waals surface area contributed by atoms with E-state index in [2.05, 4.69) is 5.32 Å². The number of hydrogen-bond acceptors (Lipinski definition) is 3. The van der Waals surface area contributed by atoms with Crippen molar-refractivity contribution in [3.8, 4) is 0 Å². The molecule has 4 nitrogen and oxygen atoms in total. The van der Waals surface area contributed by atoms with Gasteiger partial charge in [-0.05, 0) is 30.3 Å². The predicted octanol–water partition coefficient (Wildman–Crippen LogP) is 4.07. The lowest BCUT2D eigenvalue weighted by Crippen LogP contribution is -2.21. The number of carbonyl (C=O) groups is 2. The van der Waals surface area contributed by atoms with Crippen LogP contribution in [0.4, 0.5) is 14.5 Å². The average molecular weight is 360 g/mol. The van der Waals surface area contributed by atoms with Crippen LogP contribution in [0.1, 0.15) is 10.4 Å². The Labute approximate surface area is 140 Å². The lowest BCUT2D eigenvalue weighted by molar-refractivity contribution is -0.119. The van der Waals surface area contributed by atoms with Gasteiger partial charge in [0.1, 0.15) is 11.6 Å². The molecule has 0 heterocycles. The van der Waals surface area contributed by atoms with Gasteiger partial charge in [-0.15, -0.1) is 0 Å². The summed E-state index contributed by atoms with van der Waals surface area (Å²) in [7, 11) is 0. The number of carbonyl (C=O) groups excluding carboxylic acids is 2. The highest BCUT2D eigenvalue weighted by Gasteiger charge is 2.15. The Hall–Kier alpha value is -2.18. The zero-order chi connectivity index (χ0) is 17.0. The highest BCUT2D eigenvalue weighted by Crippen LogP contribution is 2.21. The van der Waals surface area contributed by atoms with E-state index in [9.17, 15) is 18.4 Å². The Morgan fingerprint density at radius 2 is 1.83 bits per heavy atom. The molecule has 0 radical (unpaired) electrons. The molecule has 2 aromatic rings. The number of anilines is 1. The molecule has 0 aliphatic rings. The van der Waals surface area contributed by atoms with Crippen molar-refractivity contribution < 1.29 is 23.1 Å². The normalized spacial score (nSPS) is 10.3. The highest BCUT2D eigenvalue weighted by molar-refractivity contribution is 6.35. The molecule has 0 aliphatic heterocycles. The van der Waals surface area contributed by atoms with Crippen LogP contribution in [0, 0.1) is 11.6 Å². The van der Waals surface area contributed by atoms with Gasteiger partial charge < -0.3 is 10.1 Å². The molecule has 0 bridgehead atoms. The molecule has 0 aromatic heterocycles. The van der Waals surface area contributed by atoms with Crippen LogP contribution >= 0.6 is 23.2 Å². The van der Waals surface area contributed by atoms with Gasteiger partial charge in [-0.3, -0.25) is 4.79 Å². The quantitative estimate of drug-likeness (QED) is 0.837. The van der Waals surface area contributed by atoms with Crippen LogP contribution in [0.5, 0.6) is 0 Å². The molecule has 0 fully saturated rings. The van der Waals surface area contributed by atoms with Crippen molar-refractivity contribution in [2.75, 3.05) is 11.9 Å². The molecule has 23 heavy (non-hydrogen) atoms. The van der Waals surface area contributed by atoms with E-state index in [1.165, 1.54) is 18.2 Å². The van der Waals surface area contributed by atoms with Crippen molar-refractivity contribution in [2.24, 2.45) is 0 Å². The van der Waals surface area contributed by atoms with Crippen molar-refractivity contribution in [3.05, 3.63) is 63.6 Å². The maximum Gasteiger partial charge on any atom is 0.340 e. The Morgan fingerprint density at radius 1 is 1.09 bits per heavy atom. The van der Waals surface area contributed by atoms with E-state index < -0.39 is 30.1 Å². The van der Waals surface area contributed by atoms with Crippen molar-refractivity contribution in [1.29, 1.82) is 0 Å². The highest BCUT2D eigenvalue weighted by atomic mass is 35.5. The van der Waals surface area contributed by atoms with Crippen LogP contribution in [0.25, 0.3) is 0 Å². The molecule has 1 N–H and O–H groups in total. The van der Waals surface area contributed by atoms with E-state index >= 15 is 0 Å². The summed E-state index contributed by atoms with van der Waals surface area (Å²) >= 11 is 11.6. The lowest BCUT2D eigenvalue weighted by Gasteiger charge is -2.08. The van der Waals surface area contributed by atoms with Crippen molar-refractivity contribution in [2.45, 2.75) is 0 Å². The first-order valence-electron chi connectivity index (χ1n) is 6.24. The molecule has 1 amide bonds. The van der Waals surface area contributed by atoms with E-state index in [1.54, 1.807) is 0 Å². The van der Waals surface area contributed by atoms with Gasteiger partial charge in [-0.2, -0.15) is 0 Å². The zero-order valence-corrected chi connectivity index (χ0v) is 12.9. The Kier molecular flexibility index (Phi) is 5.52. The number of amides is 1. The molecule has 0 spiro atoms. The summed E-state index contributed by atoms with van der Waals surface area (Å²) in [6.45, 7) is -0.668. The monoisotopic (exact) mass is 359 g/mol. The molecular weight excluding hydrogens is 351 g/mol. The van der Waals surface area contributed by atoms with Gasteiger partial charge in [0.25, 0.3) is 5.91 Å². The van der Waals surface area contributed by atoms with Crippen LogP contribution in [0.15, 0.2) is 36.4 Å². The van der Waals surface area contributed by atoms with Gasteiger partial charge in [0, 0.05) is 11.1 Å². The molecule has 0 atom stereocenters. The summed E-state index contributed by atoms with van der Waals surface area (Å²) in [4.78, 5) is 23.4. The maximum atomic E-state index is 13.4. The number of halogens is 4. The van der Waals surface area contributed by atoms with Gasteiger partial charge in [-0.25, -0.2) is 13.6 Å². The molecule has 0 unspecified atom stereocenters. The first kappa shape index (κ1) is 17.2. The minimum absolute atomic E-state index is 0.0000654. The summed E-state index contributed by atoms with van der Waals surface area (Å²) in [5, 5.41) is 2.55. The molecule has 8 heteroatoms. The Balaban J connectivity index is 1.96. The summed E-state index contributed by atoms with van der Waals surface area (Å²) in [5.41, 5.74) is -0.229. The van der Waals surface area contributed by atoms with Gasteiger partial charge in [-0.1, -0.05) is 23.2 Å². The standard InChI is InChI=1S/C15H9Cl2F2NO3/c16-8-1-3-11(17)10(5-8)15(22)23-7-14(21)20-13-4-2-9(18)6-12(13)19/h1-6H,7H2,(H,20,21). The first-order chi connectivity index (χ1) is 10.9. The van der Waals surface area contributed by atoms with Gasteiger partial charge >= 0.3 is 5.97 Å². The SMILES string of the molecule is O=C(COC(=O)c1cc(Cl)ccc1Cl)Nc1ccc(F)cc1F. The number of nitrogens with one attached hydrogen (secondary N) is 1. The third kappa shape index (κ3) is 4.64. The summed E-state index contributed by atoms with van der Waals surface area (Å²) in [6.07, 6.45) is 0. The van der Waals surface area contributed by atoms with Gasteiger partial charge in [0.15, 0.2) is 6.61 Å². The third-order valence-corrected chi connectivity index (χ3v) is 3.25. The molecule has 120 valence electrons. The molecule has 0 saturated heterocycles. The lowest BCUT2D eigenvalue weighted by atomic mass is 10.2. The minimum atomic E-state index is -0.942. The van der Waals surface area contributed by atoms with Gasteiger partial charge in [0.2, 0.25) is 0 Å². The number of ether oxygens (including phenoxy) is 1. The van der Waals surface area contributed by atoms with E-state index in [4.69, 9.17) is 27.9 Å². The first-order valence-corrected chi connectivity index (χ1v) is 6.99. The second-order valence-electron chi connectivity index (χ2n) is 4.37. The maximum absolute atomic E-state index is 13.4. The predicted molar refractivity (Wildman–Crippen MR) is 81.7 cm³/mol. The Morgan fingerprint density at radius 3 is 2.52 bits per heavy atom. The second-order valence-corrected chi connectivity index (χ2v) is 5.22. The summed E-state index contributed by atoms with van der Waals surface area (Å²) in [6, 6.07) is 6.85. The Bertz CT molecular complexity index is 768. The van der Waals surface area contributed by atoms with Crippen LogP contribution < -0.4 is 5.32 Å². The third-order valence-electron chi connectivity index (χ3n) is 2.69. The van der Waals surface area contributed by atoms with E-state index in [1.807, 2.05) is 0 Å². The number of rotatable bonds is 4.